The molecule has 2 aromatic carbocycles. The zero-order valence-electron chi connectivity index (χ0n) is 16.7. The molecule has 3 N–H and O–H groups in total. The van der Waals surface area contributed by atoms with Gasteiger partial charge < -0.3 is 10.6 Å². The van der Waals surface area contributed by atoms with Gasteiger partial charge in [0.05, 0.1) is 0 Å². The number of aromatic amines is 1. The molecule has 0 saturated carbocycles. The van der Waals surface area contributed by atoms with Crippen LogP contribution in [0, 0.1) is 11.6 Å². The second kappa shape index (κ2) is 9.39. The maximum absolute atomic E-state index is 14.4. The number of hydrogen-bond acceptors (Lipinski definition) is 4. The summed E-state index contributed by atoms with van der Waals surface area (Å²) in [6.45, 7) is 2.44. The molecule has 0 aliphatic heterocycles. The van der Waals surface area contributed by atoms with Crippen LogP contribution in [0.4, 0.5) is 20.3 Å². The van der Waals surface area contributed by atoms with E-state index in [2.05, 4.69) is 4.98 Å². The van der Waals surface area contributed by atoms with Crippen molar-refractivity contribution in [1.82, 2.24) is 9.55 Å². The minimum atomic E-state index is -0.982. The summed E-state index contributed by atoms with van der Waals surface area (Å²) in [7, 11) is 0. The highest BCUT2D eigenvalue weighted by atomic mass is 19.2. The van der Waals surface area contributed by atoms with Crippen molar-refractivity contribution in [2.24, 2.45) is 0 Å². The summed E-state index contributed by atoms with van der Waals surface area (Å²) >= 11 is 0. The summed E-state index contributed by atoms with van der Waals surface area (Å²) in [5, 5.41) is 0. The highest BCUT2D eigenvalue weighted by Gasteiger charge is 2.21. The number of nitrogens with zero attached hydrogens (tertiary/aromatic N) is 2. The number of hydrogen-bond donors (Lipinski definition) is 2. The number of rotatable bonds is 8. The first-order valence-electron chi connectivity index (χ1n) is 9.76. The number of nitrogens with one attached hydrogen (secondary N) is 1. The van der Waals surface area contributed by atoms with Crippen LogP contribution in [0.1, 0.15) is 30.9 Å². The third-order valence-corrected chi connectivity index (χ3v) is 4.87. The zero-order chi connectivity index (χ0) is 21.7. The van der Waals surface area contributed by atoms with E-state index in [4.69, 9.17) is 5.73 Å². The summed E-state index contributed by atoms with van der Waals surface area (Å²) in [6, 6.07) is 13.1. The first kappa shape index (κ1) is 21.3. The average molecular weight is 414 g/mol. The highest BCUT2D eigenvalue weighted by molar-refractivity contribution is 5.62. The van der Waals surface area contributed by atoms with E-state index in [0.29, 0.717) is 13.0 Å². The van der Waals surface area contributed by atoms with Gasteiger partial charge in [-0.15, -0.1) is 0 Å². The molecule has 0 aliphatic rings. The number of unbranched alkanes of at least 4 members (excludes halogenated alkanes) is 1. The molecule has 0 aliphatic carbocycles. The lowest BCUT2D eigenvalue weighted by atomic mass is 10.1. The van der Waals surface area contributed by atoms with E-state index in [1.54, 1.807) is 4.90 Å². The van der Waals surface area contributed by atoms with Crippen LogP contribution in [0.2, 0.25) is 0 Å². The Labute approximate surface area is 172 Å². The average Bonchev–Trinajstić information content (AvgIpc) is 2.71. The lowest BCUT2D eigenvalue weighted by Crippen LogP contribution is -2.38. The summed E-state index contributed by atoms with van der Waals surface area (Å²) in [5.74, 6) is -1.95. The minimum absolute atomic E-state index is 0.00458. The molecule has 0 fully saturated rings. The number of benzene rings is 2. The maximum Gasteiger partial charge on any atom is 0.330 e. The van der Waals surface area contributed by atoms with E-state index in [1.165, 1.54) is 16.7 Å². The maximum atomic E-state index is 14.4. The zero-order valence-corrected chi connectivity index (χ0v) is 16.7. The Bertz CT molecular complexity index is 1130. The van der Waals surface area contributed by atoms with E-state index < -0.39 is 22.9 Å². The molecule has 0 unspecified atom stereocenters. The molecule has 0 amide bonds. The molecule has 3 aromatic rings. The molecule has 8 heteroatoms. The number of anilines is 2. The first-order chi connectivity index (χ1) is 14.4. The first-order valence-corrected chi connectivity index (χ1v) is 9.76. The van der Waals surface area contributed by atoms with Gasteiger partial charge in [-0.05, 0) is 18.1 Å². The number of nitrogen functional groups attached to an aromatic ring is 1. The van der Waals surface area contributed by atoms with Crippen LogP contribution in [0.25, 0.3) is 0 Å². The smallest absolute Gasteiger partial charge is 0.330 e. The molecule has 3 rings (SSSR count). The van der Waals surface area contributed by atoms with Crippen molar-refractivity contribution in [3.8, 4) is 0 Å². The molecule has 0 saturated heterocycles. The largest absolute Gasteiger partial charge is 0.383 e. The summed E-state index contributed by atoms with van der Waals surface area (Å²) in [5.41, 5.74) is 5.96. The standard InChI is InChI=1S/C22H24F2N4O2/c1-2-3-12-28-20(25)19(21(29)26-22(28)30)27(13-15-8-5-4-6-9-15)14-16-10-7-11-17(23)18(16)24/h4-11H,2-3,12-14,25H2,1H3,(H,26,29,30). The van der Waals surface area contributed by atoms with E-state index in [9.17, 15) is 18.4 Å². The molecule has 30 heavy (non-hydrogen) atoms. The quantitative estimate of drug-likeness (QED) is 0.592. The van der Waals surface area contributed by atoms with Gasteiger partial charge in [0.15, 0.2) is 11.6 Å². The van der Waals surface area contributed by atoms with Gasteiger partial charge in [0, 0.05) is 25.2 Å². The number of H-pyrrole nitrogens is 1. The Kier molecular flexibility index (Phi) is 6.66. The van der Waals surface area contributed by atoms with Gasteiger partial charge >= 0.3 is 5.69 Å². The number of nitrogens with two attached hydrogens (primary N) is 1. The van der Waals surface area contributed by atoms with Gasteiger partial charge in [0.1, 0.15) is 11.5 Å². The normalized spacial score (nSPS) is 10.9. The Morgan fingerprint density at radius 2 is 1.77 bits per heavy atom. The fraction of sp³-hybridized carbons (Fsp3) is 0.273. The Morgan fingerprint density at radius 3 is 2.47 bits per heavy atom. The SMILES string of the molecule is CCCCn1c(N)c(N(Cc2ccccc2)Cc2cccc(F)c2F)c(=O)[nH]c1=O. The third-order valence-electron chi connectivity index (χ3n) is 4.87. The highest BCUT2D eigenvalue weighted by Crippen LogP contribution is 2.23. The minimum Gasteiger partial charge on any atom is -0.383 e. The van der Waals surface area contributed by atoms with Crippen LogP contribution in [-0.4, -0.2) is 9.55 Å². The molecule has 0 atom stereocenters. The summed E-state index contributed by atoms with van der Waals surface area (Å²) in [6.07, 6.45) is 1.54. The lowest BCUT2D eigenvalue weighted by molar-refractivity contribution is 0.497. The van der Waals surface area contributed by atoms with Gasteiger partial charge in [-0.2, -0.15) is 0 Å². The topological polar surface area (TPSA) is 84.1 Å². The Morgan fingerprint density at radius 1 is 1.03 bits per heavy atom. The molecule has 158 valence electrons. The second-order valence-electron chi connectivity index (χ2n) is 7.05. The monoisotopic (exact) mass is 414 g/mol. The number of aromatic nitrogens is 2. The van der Waals surface area contributed by atoms with Crippen LogP contribution in [0.3, 0.4) is 0 Å². The second-order valence-corrected chi connectivity index (χ2v) is 7.05. The molecule has 6 nitrogen and oxygen atoms in total. The molecule has 0 bridgehead atoms. The fourth-order valence-corrected chi connectivity index (χ4v) is 3.32. The van der Waals surface area contributed by atoms with E-state index in [-0.39, 0.29) is 30.2 Å². The van der Waals surface area contributed by atoms with Gasteiger partial charge in [0.25, 0.3) is 5.56 Å². The molecular formula is C22H24F2N4O2. The van der Waals surface area contributed by atoms with Gasteiger partial charge in [-0.1, -0.05) is 55.8 Å². The van der Waals surface area contributed by atoms with Crippen LogP contribution < -0.4 is 21.9 Å². The lowest BCUT2D eigenvalue weighted by Gasteiger charge is -2.26. The van der Waals surface area contributed by atoms with Crippen LogP contribution in [0.5, 0.6) is 0 Å². The van der Waals surface area contributed by atoms with Crippen molar-refractivity contribution in [2.75, 3.05) is 10.6 Å². The predicted molar refractivity (Wildman–Crippen MR) is 113 cm³/mol. The van der Waals surface area contributed by atoms with Gasteiger partial charge in [-0.25, -0.2) is 13.6 Å². The van der Waals surface area contributed by atoms with Crippen molar-refractivity contribution < 1.29 is 8.78 Å². The van der Waals surface area contributed by atoms with E-state index in [1.807, 2.05) is 37.3 Å². The van der Waals surface area contributed by atoms with Crippen molar-refractivity contribution in [3.05, 3.63) is 92.1 Å². The van der Waals surface area contributed by atoms with Crippen molar-refractivity contribution in [3.63, 3.8) is 0 Å². The Balaban J connectivity index is 2.11. The fourth-order valence-electron chi connectivity index (χ4n) is 3.32. The third kappa shape index (κ3) is 4.59. The van der Waals surface area contributed by atoms with Crippen molar-refractivity contribution >= 4 is 11.5 Å². The van der Waals surface area contributed by atoms with Gasteiger partial charge in [0.2, 0.25) is 0 Å². The molecule has 0 spiro atoms. The Hall–Kier alpha value is -3.42. The predicted octanol–water partition coefficient (Wildman–Crippen LogP) is 3.40. The summed E-state index contributed by atoms with van der Waals surface area (Å²) < 4.78 is 29.4. The van der Waals surface area contributed by atoms with Crippen molar-refractivity contribution in [1.29, 1.82) is 0 Å². The number of halogens is 2. The van der Waals surface area contributed by atoms with Crippen molar-refractivity contribution in [2.45, 2.75) is 39.4 Å². The molecular weight excluding hydrogens is 390 g/mol. The van der Waals surface area contributed by atoms with Crippen LogP contribution in [0.15, 0.2) is 58.1 Å². The molecule has 0 radical (unpaired) electrons. The molecule has 1 heterocycles. The van der Waals surface area contributed by atoms with Crippen LogP contribution in [-0.2, 0) is 19.6 Å². The molecule has 1 aromatic heterocycles. The summed E-state index contributed by atoms with van der Waals surface area (Å²) in [4.78, 5) is 28.8. The van der Waals surface area contributed by atoms with E-state index >= 15 is 0 Å². The van der Waals surface area contributed by atoms with Gasteiger partial charge in [-0.3, -0.25) is 14.3 Å². The van der Waals surface area contributed by atoms with E-state index in [0.717, 1.165) is 18.1 Å². The van der Waals surface area contributed by atoms with Crippen LogP contribution >= 0.6 is 0 Å².